The van der Waals surface area contributed by atoms with E-state index in [9.17, 15) is 4.79 Å². The molecule has 1 aromatic heterocycles. The van der Waals surface area contributed by atoms with Crippen LogP contribution in [-0.4, -0.2) is 15.7 Å². The molecule has 1 N–H and O–H groups in total. The summed E-state index contributed by atoms with van der Waals surface area (Å²) in [6.07, 6.45) is 6.36. The number of hydrogen-bond acceptors (Lipinski definition) is 2. The van der Waals surface area contributed by atoms with Gasteiger partial charge in [-0.05, 0) is 49.8 Å². The van der Waals surface area contributed by atoms with E-state index < -0.39 is 0 Å². The monoisotopic (exact) mass is 269 g/mol. The summed E-state index contributed by atoms with van der Waals surface area (Å²) < 4.78 is 1.71. The minimum Gasteiger partial charge on any atom is -0.324 e. The molecule has 0 unspecified atom stereocenters. The Kier molecular flexibility index (Phi) is 3.30. The van der Waals surface area contributed by atoms with Gasteiger partial charge in [0.2, 0.25) is 5.91 Å². The van der Waals surface area contributed by atoms with Gasteiger partial charge in [0.15, 0.2) is 0 Å². The van der Waals surface area contributed by atoms with Gasteiger partial charge in [-0.3, -0.25) is 9.48 Å². The summed E-state index contributed by atoms with van der Waals surface area (Å²) in [6.45, 7) is 4.31. The van der Waals surface area contributed by atoms with Crippen LogP contribution < -0.4 is 5.32 Å². The lowest BCUT2D eigenvalue weighted by Gasteiger charge is -2.09. The van der Waals surface area contributed by atoms with E-state index in [1.807, 2.05) is 38.4 Å². The van der Waals surface area contributed by atoms with Crippen LogP contribution in [0.15, 0.2) is 30.6 Å². The van der Waals surface area contributed by atoms with Gasteiger partial charge < -0.3 is 5.32 Å². The normalized spacial score (nSPS) is 14.3. The predicted molar refractivity (Wildman–Crippen MR) is 78.7 cm³/mol. The Morgan fingerprint density at radius 3 is 2.90 bits per heavy atom. The van der Waals surface area contributed by atoms with Gasteiger partial charge in [0.1, 0.15) is 6.54 Å². The Bertz CT molecular complexity index is 641. The third-order valence-corrected chi connectivity index (χ3v) is 3.66. The van der Waals surface area contributed by atoms with Crippen LogP contribution >= 0.6 is 0 Å². The standard InChI is InChI=1S/C16H19N3O/c1-11-3-6-15(12(2)7-11)18-16(20)10-19-9-14(8-17-19)13-4-5-13/h3,6-9,13H,4-5,10H2,1-2H3,(H,18,20). The molecule has 3 rings (SSSR count). The van der Waals surface area contributed by atoms with Gasteiger partial charge in [-0.25, -0.2) is 0 Å². The average Bonchev–Trinajstić information content (AvgIpc) is 3.14. The fourth-order valence-corrected chi connectivity index (χ4v) is 2.38. The van der Waals surface area contributed by atoms with Crippen molar-refractivity contribution >= 4 is 11.6 Å². The lowest BCUT2D eigenvalue weighted by Crippen LogP contribution is -2.19. The second kappa shape index (κ2) is 5.12. The lowest BCUT2D eigenvalue weighted by molar-refractivity contribution is -0.116. The van der Waals surface area contributed by atoms with Crippen molar-refractivity contribution in [1.82, 2.24) is 9.78 Å². The molecule has 1 fully saturated rings. The molecule has 2 aromatic rings. The number of aryl methyl sites for hydroxylation is 2. The molecule has 1 saturated carbocycles. The molecule has 1 amide bonds. The minimum atomic E-state index is -0.0394. The van der Waals surface area contributed by atoms with Gasteiger partial charge in [0.25, 0.3) is 0 Å². The first kappa shape index (κ1) is 12.9. The van der Waals surface area contributed by atoms with E-state index in [2.05, 4.69) is 16.5 Å². The number of carbonyl (C=O) groups is 1. The largest absolute Gasteiger partial charge is 0.324 e. The van der Waals surface area contributed by atoms with E-state index in [4.69, 9.17) is 0 Å². The highest BCUT2D eigenvalue weighted by Crippen LogP contribution is 2.39. The van der Waals surface area contributed by atoms with Crippen molar-refractivity contribution in [1.29, 1.82) is 0 Å². The summed E-state index contributed by atoms with van der Waals surface area (Å²) in [5.41, 5.74) is 4.40. The van der Waals surface area contributed by atoms with E-state index >= 15 is 0 Å². The Balaban J connectivity index is 1.63. The van der Waals surface area contributed by atoms with Gasteiger partial charge in [-0.1, -0.05) is 17.7 Å². The molecule has 0 radical (unpaired) electrons. The first-order chi connectivity index (χ1) is 9.61. The van der Waals surface area contributed by atoms with E-state index in [0.29, 0.717) is 5.92 Å². The van der Waals surface area contributed by atoms with Crippen molar-refractivity contribution in [3.8, 4) is 0 Å². The highest BCUT2D eigenvalue weighted by Gasteiger charge is 2.24. The van der Waals surface area contributed by atoms with Crippen LogP contribution in [0.25, 0.3) is 0 Å². The number of anilines is 1. The SMILES string of the molecule is Cc1ccc(NC(=O)Cn2cc(C3CC3)cn2)c(C)c1. The zero-order valence-corrected chi connectivity index (χ0v) is 11.9. The number of hydrogen-bond donors (Lipinski definition) is 1. The number of carbonyl (C=O) groups excluding carboxylic acids is 1. The van der Waals surface area contributed by atoms with Crippen LogP contribution in [-0.2, 0) is 11.3 Å². The summed E-state index contributed by atoms with van der Waals surface area (Å²) in [5.74, 6) is 0.633. The molecule has 1 aliphatic carbocycles. The quantitative estimate of drug-likeness (QED) is 0.927. The molecule has 1 aromatic carbocycles. The maximum absolute atomic E-state index is 12.0. The second-order valence-electron chi connectivity index (χ2n) is 5.61. The third-order valence-electron chi connectivity index (χ3n) is 3.66. The number of aromatic nitrogens is 2. The van der Waals surface area contributed by atoms with Gasteiger partial charge in [-0.15, -0.1) is 0 Å². The Labute approximate surface area is 118 Å². The number of nitrogens with zero attached hydrogens (tertiary/aromatic N) is 2. The zero-order valence-electron chi connectivity index (χ0n) is 11.9. The van der Waals surface area contributed by atoms with Crippen LogP contribution in [0.4, 0.5) is 5.69 Å². The molecular formula is C16H19N3O. The summed E-state index contributed by atoms with van der Waals surface area (Å²) in [7, 11) is 0. The zero-order chi connectivity index (χ0) is 14.1. The van der Waals surface area contributed by atoms with Crippen LogP contribution in [0.1, 0.15) is 35.4 Å². The smallest absolute Gasteiger partial charge is 0.246 e. The van der Waals surface area contributed by atoms with Gasteiger partial charge in [0.05, 0.1) is 6.20 Å². The van der Waals surface area contributed by atoms with Crippen molar-refractivity contribution in [3.63, 3.8) is 0 Å². The minimum absolute atomic E-state index is 0.0394. The molecule has 0 bridgehead atoms. The fourth-order valence-electron chi connectivity index (χ4n) is 2.38. The van der Waals surface area contributed by atoms with Crippen LogP contribution in [0, 0.1) is 13.8 Å². The van der Waals surface area contributed by atoms with Crippen molar-refractivity contribution < 1.29 is 4.79 Å². The van der Waals surface area contributed by atoms with Gasteiger partial charge >= 0.3 is 0 Å². The molecular weight excluding hydrogens is 250 g/mol. The van der Waals surface area contributed by atoms with Gasteiger partial charge in [0, 0.05) is 11.9 Å². The third kappa shape index (κ3) is 2.90. The molecule has 0 saturated heterocycles. The summed E-state index contributed by atoms with van der Waals surface area (Å²) in [6, 6.07) is 6.01. The molecule has 1 aliphatic rings. The molecule has 104 valence electrons. The Morgan fingerprint density at radius 2 is 2.20 bits per heavy atom. The summed E-state index contributed by atoms with van der Waals surface area (Å²) >= 11 is 0. The second-order valence-corrected chi connectivity index (χ2v) is 5.61. The number of benzene rings is 1. The Morgan fingerprint density at radius 1 is 1.40 bits per heavy atom. The first-order valence-electron chi connectivity index (χ1n) is 7.01. The first-order valence-corrected chi connectivity index (χ1v) is 7.01. The van der Waals surface area contributed by atoms with E-state index in [0.717, 1.165) is 11.3 Å². The highest BCUT2D eigenvalue weighted by atomic mass is 16.2. The topological polar surface area (TPSA) is 46.9 Å². The average molecular weight is 269 g/mol. The van der Waals surface area contributed by atoms with Crippen molar-refractivity contribution in [2.75, 3.05) is 5.32 Å². The van der Waals surface area contributed by atoms with E-state index in [-0.39, 0.29) is 12.5 Å². The lowest BCUT2D eigenvalue weighted by atomic mass is 10.1. The number of rotatable bonds is 4. The van der Waals surface area contributed by atoms with Crippen LogP contribution in [0.2, 0.25) is 0 Å². The summed E-state index contributed by atoms with van der Waals surface area (Å²) in [5, 5.41) is 7.19. The molecule has 0 atom stereocenters. The van der Waals surface area contributed by atoms with Gasteiger partial charge in [-0.2, -0.15) is 5.10 Å². The Hall–Kier alpha value is -2.10. The van der Waals surface area contributed by atoms with Crippen molar-refractivity contribution in [2.45, 2.75) is 39.2 Å². The molecule has 20 heavy (non-hydrogen) atoms. The van der Waals surface area contributed by atoms with Crippen molar-refractivity contribution in [3.05, 3.63) is 47.3 Å². The van der Waals surface area contributed by atoms with Crippen LogP contribution in [0.3, 0.4) is 0 Å². The highest BCUT2D eigenvalue weighted by molar-refractivity contribution is 5.91. The molecule has 4 heteroatoms. The molecule has 1 heterocycles. The number of amides is 1. The molecule has 4 nitrogen and oxygen atoms in total. The fraction of sp³-hybridized carbons (Fsp3) is 0.375. The predicted octanol–water partition coefficient (Wildman–Crippen LogP) is 3.02. The molecule has 0 aliphatic heterocycles. The molecule has 0 spiro atoms. The maximum atomic E-state index is 12.0. The van der Waals surface area contributed by atoms with Crippen LogP contribution in [0.5, 0.6) is 0 Å². The maximum Gasteiger partial charge on any atom is 0.246 e. The summed E-state index contributed by atoms with van der Waals surface area (Å²) in [4.78, 5) is 12.0. The van der Waals surface area contributed by atoms with E-state index in [1.54, 1.807) is 4.68 Å². The number of nitrogens with one attached hydrogen (secondary N) is 1. The van der Waals surface area contributed by atoms with E-state index in [1.165, 1.54) is 24.0 Å². The van der Waals surface area contributed by atoms with Crippen molar-refractivity contribution in [2.24, 2.45) is 0 Å².